The third kappa shape index (κ3) is 8.85. The molecule has 9 aromatic carbocycles. The fourth-order valence-corrected chi connectivity index (χ4v) is 13.5. The largest absolute Gasteiger partial charge is 0.0807 e. The maximum absolute atomic E-state index is 2.52. The topological polar surface area (TPSA) is 0 Å². The molecule has 9 aromatic rings. The van der Waals surface area contributed by atoms with Crippen LogP contribution in [0, 0.1) is 13.8 Å². The van der Waals surface area contributed by atoms with Crippen molar-refractivity contribution in [1.29, 1.82) is 0 Å². The Morgan fingerprint density at radius 3 is 1.81 bits per heavy atom. The molecule has 0 radical (unpaired) electrons. The van der Waals surface area contributed by atoms with E-state index in [0.29, 0.717) is 11.8 Å². The molecule has 0 fully saturated rings. The number of aryl methyl sites for hydroxylation is 3. The number of allylic oxidation sites excluding steroid dienone is 4. The van der Waals surface area contributed by atoms with Crippen LogP contribution in [0.5, 0.6) is 0 Å². The Bertz CT molecular complexity index is 3670. The van der Waals surface area contributed by atoms with Crippen molar-refractivity contribution in [2.75, 3.05) is 0 Å². The van der Waals surface area contributed by atoms with E-state index in [-0.39, 0.29) is 10.8 Å². The van der Waals surface area contributed by atoms with E-state index in [1.54, 1.807) is 5.57 Å². The van der Waals surface area contributed by atoms with E-state index >= 15 is 0 Å². The Kier molecular flexibility index (Phi) is 13.4. The van der Waals surface area contributed by atoms with Crippen LogP contribution in [0.25, 0.3) is 77.5 Å². The van der Waals surface area contributed by atoms with E-state index in [2.05, 4.69) is 263 Å². The van der Waals surface area contributed by atoms with Gasteiger partial charge in [-0.2, -0.15) is 0 Å². The van der Waals surface area contributed by atoms with Gasteiger partial charge in [0.1, 0.15) is 0 Å². The molecule has 0 saturated heterocycles. The zero-order valence-corrected chi connectivity index (χ0v) is 46.2. The summed E-state index contributed by atoms with van der Waals surface area (Å²) in [5.41, 5.74) is 31.2. The molecule has 2 unspecified atom stereocenters. The summed E-state index contributed by atoms with van der Waals surface area (Å²) in [6.07, 6.45) is 10.7. The van der Waals surface area contributed by atoms with Crippen molar-refractivity contribution in [1.82, 2.24) is 0 Å². The Morgan fingerprint density at radius 1 is 0.480 bits per heavy atom. The van der Waals surface area contributed by atoms with Gasteiger partial charge in [-0.05, 0) is 175 Å². The second-order valence-electron chi connectivity index (χ2n) is 23.1. The van der Waals surface area contributed by atoms with Crippen molar-refractivity contribution in [3.05, 3.63) is 250 Å². The number of fused-ring (bicyclic) bond motifs is 9. The van der Waals surface area contributed by atoms with E-state index in [9.17, 15) is 0 Å². The maximum atomic E-state index is 2.52. The lowest BCUT2D eigenvalue weighted by Gasteiger charge is -2.27. The minimum Gasteiger partial charge on any atom is -0.0807 e. The van der Waals surface area contributed by atoms with E-state index in [0.717, 1.165) is 12.8 Å². The summed E-state index contributed by atoms with van der Waals surface area (Å²) in [5.74, 6) is 1.05. The van der Waals surface area contributed by atoms with Crippen LogP contribution in [0.4, 0.5) is 0 Å². The SMILES string of the molecule is CCCC(C)c1c(-c2ccc3c(c2)C(C)(C)C2=CC(C)=CCC23)cccc1-c1ccccc1C.CCCc1ccc2c3c(cccc13)-c1ccccc1-2.Cc1ccc2c(c1)C(C)(C)c1cc(-c3ccccc3)ccc1-2. The first kappa shape index (κ1) is 49.9. The molecular formula is C75H74. The zero-order valence-electron chi connectivity index (χ0n) is 46.2. The molecule has 0 spiro atoms. The highest BCUT2D eigenvalue weighted by molar-refractivity contribution is 6.16. The molecule has 0 heteroatoms. The van der Waals surface area contributed by atoms with Crippen LogP contribution in [0.1, 0.15) is 137 Å². The molecule has 0 aliphatic heterocycles. The van der Waals surface area contributed by atoms with Gasteiger partial charge in [-0.3, -0.25) is 0 Å². The fraction of sp³-hybridized carbons (Fsp3) is 0.253. The van der Waals surface area contributed by atoms with Gasteiger partial charge in [0.15, 0.2) is 0 Å². The average Bonchev–Trinajstić information content (AvgIpc) is 3.98. The molecule has 2 atom stereocenters. The molecule has 13 rings (SSSR count). The Morgan fingerprint density at radius 2 is 1.08 bits per heavy atom. The molecule has 0 bridgehead atoms. The zero-order chi connectivity index (χ0) is 52.2. The lowest BCUT2D eigenvalue weighted by Crippen LogP contribution is -2.17. The highest BCUT2D eigenvalue weighted by atomic mass is 14.5. The van der Waals surface area contributed by atoms with Crippen molar-refractivity contribution < 1.29 is 0 Å². The average molecular weight is 975 g/mol. The molecule has 0 saturated carbocycles. The Labute approximate surface area is 449 Å². The lowest BCUT2D eigenvalue weighted by molar-refractivity contribution is 0.610. The first-order valence-electron chi connectivity index (χ1n) is 28.0. The number of hydrogen-bond acceptors (Lipinski definition) is 0. The van der Waals surface area contributed by atoms with E-state index in [1.165, 1.54) is 147 Å². The van der Waals surface area contributed by atoms with Gasteiger partial charge in [0.25, 0.3) is 0 Å². The quantitative estimate of drug-likeness (QED) is 0.142. The van der Waals surface area contributed by atoms with Crippen LogP contribution in [-0.4, -0.2) is 0 Å². The molecule has 0 N–H and O–H groups in total. The summed E-state index contributed by atoms with van der Waals surface area (Å²) < 4.78 is 0. The fourth-order valence-electron chi connectivity index (χ4n) is 13.5. The van der Waals surface area contributed by atoms with Crippen molar-refractivity contribution in [3.8, 4) is 66.8 Å². The lowest BCUT2D eigenvalue weighted by atomic mass is 9.77. The summed E-state index contributed by atoms with van der Waals surface area (Å²) >= 11 is 0. The molecular weight excluding hydrogens is 901 g/mol. The Balaban J connectivity index is 0.000000127. The second kappa shape index (κ2) is 20.1. The molecule has 374 valence electrons. The minimum atomic E-state index is 0.0709. The highest BCUT2D eigenvalue weighted by Crippen LogP contribution is 2.55. The minimum absolute atomic E-state index is 0.0709. The van der Waals surface area contributed by atoms with Crippen LogP contribution in [0.2, 0.25) is 0 Å². The van der Waals surface area contributed by atoms with E-state index in [4.69, 9.17) is 0 Å². The smallest absolute Gasteiger partial charge is 0.0159 e. The third-order valence-corrected chi connectivity index (χ3v) is 17.4. The molecule has 4 aliphatic carbocycles. The standard InChI is InChI=1S/C34H38.C22H20.C19H16/c1-7-11-24(4)33-27(14-10-15-30(33)26-13-9-8-12-23(26)3)25-17-19-29-28-18-16-22(2)20-31(28)34(5,6)32(29)21-25;1-15-9-11-18-19-12-10-17(16-7-5-4-6-8-16)14-21(19)22(2,3)20(18)13-15;1-2-6-13-11-12-18-16-8-4-3-7-15(16)17-10-5-9-14(13)19(17)18/h8-10,12-17,19-21,24,28H,7,11,18H2,1-6H3;4-14H,1-3H3;3-5,7-12H,2,6H2,1H3. The van der Waals surface area contributed by atoms with Gasteiger partial charge < -0.3 is 0 Å². The van der Waals surface area contributed by atoms with Gasteiger partial charge in [-0.1, -0.05) is 260 Å². The molecule has 75 heavy (non-hydrogen) atoms. The van der Waals surface area contributed by atoms with Crippen LogP contribution >= 0.6 is 0 Å². The summed E-state index contributed by atoms with van der Waals surface area (Å²) in [4.78, 5) is 0. The monoisotopic (exact) mass is 975 g/mol. The van der Waals surface area contributed by atoms with E-state index < -0.39 is 0 Å². The third-order valence-electron chi connectivity index (χ3n) is 17.4. The first-order valence-corrected chi connectivity index (χ1v) is 28.0. The summed E-state index contributed by atoms with van der Waals surface area (Å²) in [7, 11) is 0. The molecule has 0 aromatic heterocycles. The van der Waals surface area contributed by atoms with Gasteiger partial charge in [0.2, 0.25) is 0 Å². The van der Waals surface area contributed by atoms with Crippen LogP contribution in [0.3, 0.4) is 0 Å². The molecule has 0 heterocycles. The maximum Gasteiger partial charge on any atom is 0.0159 e. The van der Waals surface area contributed by atoms with Gasteiger partial charge in [0.05, 0.1) is 0 Å². The van der Waals surface area contributed by atoms with Crippen molar-refractivity contribution in [2.45, 2.75) is 124 Å². The van der Waals surface area contributed by atoms with Gasteiger partial charge >= 0.3 is 0 Å². The number of benzene rings is 9. The van der Waals surface area contributed by atoms with Gasteiger partial charge in [-0.15, -0.1) is 0 Å². The molecule has 0 nitrogen and oxygen atoms in total. The predicted molar refractivity (Wildman–Crippen MR) is 324 cm³/mol. The van der Waals surface area contributed by atoms with Crippen LogP contribution in [0.15, 0.2) is 205 Å². The molecule has 4 aliphatic rings. The van der Waals surface area contributed by atoms with Crippen molar-refractivity contribution in [3.63, 3.8) is 0 Å². The first-order chi connectivity index (χ1) is 36.3. The van der Waals surface area contributed by atoms with Crippen molar-refractivity contribution >= 4 is 10.8 Å². The van der Waals surface area contributed by atoms with Gasteiger partial charge in [-0.25, -0.2) is 0 Å². The number of hydrogen-bond donors (Lipinski definition) is 0. The number of rotatable bonds is 8. The van der Waals surface area contributed by atoms with E-state index in [1.807, 2.05) is 0 Å². The summed E-state index contributed by atoms with van der Waals surface area (Å²) in [6, 6.07) is 67.6. The highest BCUT2D eigenvalue weighted by Gasteiger charge is 2.42. The molecule has 0 amide bonds. The second-order valence-corrected chi connectivity index (χ2v) is 23.1. The van der Waals surface area contributed by atoms with Gasteiger partial charge in [0, 0.05) is 16.7 Å². The summed E-state index contributed by atoms with van der Waals surface area (Å²) in [6.45, 7) is 23.1. The summed E-state index contributed by atoms with van der Waals surface area (Å²) in [5, 5.41) is 2.89. The normalized spacial score (nSPS) is 15.9. The Hall–Kier alpha value is -7.28. The van der Waals surface area contributed by atoms with Crippen LogP contribution in [-0.2, 0) is 17.3 Å². The van der Waals surface area contributed by atoms with Crippen molar-refractivity contribution in [2.24, 2.45) is 0 Å². The van der Waals surface area contributed by atoms with Crippen LogP contribution < -0.4 is 0 Å². The predicted octanol–water partition coefficient (Wildman–Crippen LogP) is 21.3.